The van der Waals surface area contributed by atoms with Crippen molar-refractivity contribution in [2.45, 2.75) is 39.0 Å². The van der Waals surface area contributed by atoms with Crippen LogP contribution in [0.15, 0.2) is 66.3 Å². The van der Waals surface area contributed by atoms with Crippen molar-refractivity contribution in [2.24, 2.45) is 5.73 Å². The minimum absolute atomic E-state index is 0.395. The smallest absolute Gasteiger partial charge is 0.241 e. The van der Waals surface area contributed by atoms with Crippen LogP contribution in [0.25, 0.3) is 10.8 Å². The zero-order valence-corrected chi connectivity index (χ0v) is 14.9. The van der Waals surface area contributed by atoms with Crippen LogP contribution in [-0.4, -0.2) is 12.5 Å². The molecule has 2 rings (SSSR count). The van der Waals surface area contributed by atoms with Gasteiger partial charge in [0.15, 0.2) is 0 Å². The van der Waals surface area contributed by atoms with Gasteiger partial charge in [-0.25, -0.2) is 0 Å². The number of fused-ring (bicyclic) bond motifs is 1. The Morgan fingerprint density at radius 2 is 1.80 bits per heavy atom. The Morgan fingerprint density at radius 3 is 2.64 bits per heavy atom. The topological polar surface area (TPSA) is 52.3 Å². The number of carbonyl (C=O) groups is 1. The average molecular weight is 337 g/mol. The van der Waals surface area contributed by atoms with E-state index < -0.39 is 5.91 Å². The SMILES string of the molecule is CC(/C=C/CCCCCCOc1cccc2ccccc12)=C\C(N)=O. The summed E-state index contributed by atoms with van der Waals surface area (Å²) in [6.07, 6.45) is 11.1. The number of allylic oxidation sites excluding steroid dienone is 3. The Morgan fingerprint density at radius 1 is 1.04 bits per heavy atom. The summed E-state index contributed by atoms with van der Waals surface area (Å²) < 4.78 is 5.95. The van der Waals surface area contributed by atoms with Gasteiger partial charge in [-0.2, -0.15) is 0 Å². The van der Waals surface area contributed by atoms with E-state index in [1.807, 2.05) is 37.3 Å². The van der Waals surface area contributed by atoms with Gasteiger partial charge in [0, 0.05) is 11.5 Å². The number of unbranched alkanes of at least 4 members (excludes halogenated alkanes) is 4. The first-order valence-corrected chi connectivity index (χ1v) is 8.91. The first kappa shape index (κ1) is 18.8. The lowest BCUT2D eigenvalue weighted by atomic mass is 10.1. The Hall–Kier alpha value is -2.55. The first-order chi connectivity index (χ1) is 12.2. The maximum absolute atomic E-state index is 10.7. The van der Waals surface area contributed by atoms with Crippen molar-refractivity contribution in [3.8, 4) is 5.75 Å². The number of nitrogens with two attached hydrogens (primary N) is 1. The molecule has 0 heterocycles. The third kappa shape index (κ3) is 6.84. The molecule has 2 N–H and O–H groups in total. The van der Waals surface area contributed by atoms with Gasteiger partial charge >= 0.3 is 0 Å². The van der Waals surface area contributed by atoms with Gasteiger partial charge in [-0.15, -0.1) is 0 Å². The Labute approximate surface area is 150 Å². The van der Waals surface area contributed by atoms with Gasteiger partial charge in [-0.1, -0.05) is 61.4 Å². The van der Waals surface area contributed by atoms with Crippen molar-refractivity contribution in [3.63, 3.8) is 0 Å². The number of rotatable bonds is 10. The molecule has 0 spiro atoms. The minimum atomic E-state index is -0.395. The third-order valence-electron chi connectivity index (χ3n) is 4.02. The van der Waals surface area contributed by atoms with Crippen LogP contribution in [0, 0.1) is 0 Å². The van der Waals surface area contributed by atoms with Crippen LogP contribution >= 0.6 is 0 Å². The van der Waals surface area contributed by atoms with Crippen molar-refractivity contribution in [1.82, 2.24) is 0 Å². The van der Waals surface area contributed by atoms with Crippen LogP contribution in [0.5, 0.6) is 5.75 Å². The van der Waals surface area contributed by atoms with Gasteiger partial charge < -0.3 is 10.5 Å². The molecule has 132 valence electrons. The van der Waals surface area contributed by atoms with Crippen molar-refractivity contribution >= 4 is 16.7 Å². The summed E-state index contributed by atoms with van der Waals surface area (Å²) in [5.41, 5.74) is 6.00. The van der Waals surface area contributed by atoms with E-state index in [1.54, 1.807) is 0 Å². The van der Waals surface area contributed by atoms with Crippen molar-refractivity contribution in [3.05, 3.63) is 66.3 Å². The molecule has 0 unspecified atom stereocenters. The van der Waals surface area contributed by atoms with Crippen molar-refractivity contribution in [1.29, 1.82) is 0 Å². The Balaban J connectivity index is 1.61. The Bertz CT molecular complexity index is 741. The van der Waals surface area contributed by atoms with Gasteiger partial charge in [-0.3, -0.25) is 4.79 Å². The summed E-state index contributed by atoms with van der Waals surface area (Å²) in [5, 5.41) is 2.39. The maximum atomic E-state index is 10.7. The van der Waals surface area contributed by atoms with Crippen LogP contribution < -0.4 is 10.5 Å². The molecule has 1 amide bonds. The van der Waals surface area contributed by atoms with Gasteiger partial charge in [0.05, 0.1) is 6.61 Å². The largest absolute Gasteiger partial charge is 0.493 e. The molecule has 2 aromatic carbocycles. The lowest BCUT2D eigenvalue weighted by Crippen LogP contribution is -2.06. The van der Waals surface area contributed by atoms with E-state index in [9.17, 15) is 4.79 Å². The lowest BCUT2D eigenvalue weighted by Gasteiger charge is -2.09. The highest BCUT2D eigenvalue weighted by atomic mass is 16.5. The van der Waals surface area contributed by atoms with Crippen molar-refractivity contribution in [2.75, 3.05) is 6.61 Å². The predicted octanol–water partition coefficient (Wildman–Crippen LogP) is 5.16. The number of hydrogen-bond donors (Lipinski definition) is 1. The highest BCUT2D eigenvalue weighted by Gasteiger charge is 2.00. The summed E-state index contributed by atoms with van der Waals surface area (Å²) >= 11 is 0. The fraction of sp³-hybridized carbons (Fsp3) is 0.318. The zero-order chi connectivity index (χ0) is 17.9. The fourth-order valence-electron chi connectivity index (χ4n) is 2.76. The molecule has 0 aliphatic rings. The quantitative estimate of drug-likeness (QED) is 0.370. The van der Waals surface area contributed by atoms with E-state index in [2.05, 4.69) is 24.3 Å². The molecule has 0 fully saturated rings. The molecule has 2 aromatic rings. The molecular formula is C22H27NO2. The van der Waals surface area contributed by atoms with Crippen LogP contribution in [0.4, 0.5) is 0 Å². The van der Waals surface area contributed by atoms with E-state index in [0.29, 0.717) is 0 Å². The van der Waals surface area contributed by atoms with Crippen LogP contribution in [0.3, 0.4) is 0 Å². The predicted molar refractivity (Wildman–Crippen MR) is 105 cm³/mol. The number of carbonyl (C=O) groups excluding carboxylic acids is 1. The highest BCUT2D eigenvalue weighted by Crippen LogP contribution is 2.25. The second-order valence-electron chi connectivity index (χ2n) is 6.22. The molecule has 3 nitrogen and oxygen atoms in total. The number of amides is 1. The summed E-state index contributed by atoms with van der Waals surface area (Å²) in [7, 11) is 0. The molecule has 0 bridgehead atoms. The summed E-state index contributed by atoms with van der Waals surface area (Å²) in [4.78, 5) is 10.7. The first-order valence-electron chi connectivity index (χ1n) is 8.91. The van der Waals surface area contributed by atoms with E-state index >= 15 is 0 Å². The number of ether oxygens (including phenoxy) is 1. The fourth-order valence-corrected chi connectivity index (χ4v) is 2.76. The summed E-state index contributed by atoms with van der Waals surface area (Å²) in [5.74, 6) is 0.575. The molecule has 0 aliphatic carbocycles. The van der Waals surface area contributed by atoms with E-state index in [0.717, 1.165) is 43.6 Å². The van der Waals surface area contributed by atoms with Gasteiger partial charge in [0.2, 0.25) is 5.91 Å². The second-order valence-corrected chi connectivity index (χ2v) is 6.22. The number of hydrogen-bond acceptors (Lipinski definition) is 2. The highest BCUT2D eigenvalue weighted by molar-refractivity contribution is 5.88. The van der Waals surface area contributed by atoms with Gasteiger partial charge in [0.1, 0.15) is 5.75 Å². The maximum Gasteiger partial charge on any atom is 0.241 e. The molecule has 0 saturated carbocycles. The lowest BCUT2D eigenvalue weighted by molar-refractivity contribution is -0.113. The average Bonchev–Trinajstić information content (AvgIpc) is 2.59. The molecule has 0 aromatic heterocycles. The minimum Gasteiger partial charge on any atom is -0.493 e. The molecule has 0 aliphatic heterocycles. The van der Waals surface area contributed by atoms with Gasteiger partial charge in [-0.05, 0) is 43.2 Å². The normalized spacial score (nSPS) is 12.0. The van der Waals surface area contributed by atoms with E-state index in [-0.39, 0.29) is 0 Å². The molecule has 0 radical (unpaired) electrons. The monoisotopic (exact) mass is 337 g/mol. The van der Waals surface area contributed by atoms with E-state index in [4.69, 9.17) is 10.5 Å². The number of primary amides is 1. The molecule has 25 heavy (non-hydrogen) atoms. The van der Waals surface area contributed by atoms with E-state index in [1.165, 1.54) is 23.3 Å². The summed E-state index contributed by atoms with van der Waals surface area (Å²) in [6.45, 7) is 2.64. The molecule has 3 heteroatoms. The molecule has 0 atom stereocenters. The molecular weight excluding hydrogens is 310 g/mol. The standard InChI is InChI=1S/C22H27NO2/c1-18(17-22(23)24)11-6-4-2-3-5-9-16-25-21-15-10-13-19-12-7-8-14-20(19)21/h6-8,10-15,17H,2-5,9,16H2,1H3,(H2,23,24)/b11-6+,18-17+. The third-order valence-corrected chi connectivity index (χ3v) is 4.02. The van der Waals surface area contributed by atoms with Crippen LogP contribution in [0.1, 0.15) is 39.0 Å². The zero-order valence-electron chi connectivity index (χ0n) is 14.9. The summed E-state index contributed by atoms with van der Waals surface area (Å²) in [6, 6.07) is 14.5. The second kappa shape index (κ2) is 10.3. The van der Waals surface area contributed by atoms with Crippen LogP contribution in [-0.2, 0) is 4.79 Å². The molecule has 0 saturated heterocycles. The van der Waals surface area contributed by atoms with Crippen LogP contribution in [0.2, 0.25) is 0 Å². The van der Waals surface area contributed by atoms with Crippen molar-refractivity contribution < 1.29 is 9.53 Å². The van der Waals surface area contributed by atoms with Gasteiger partial charge in [0.25, 0.3) is 0 Å². The Kier molecular flexibility index (Phi) is 7.77. The number of benzene rings is 2.